The van der Waals surface area contributed by atoms with Gasteiger partial charge in [-0.15, -0.1) is 0 Å². The van der Waals surface area contributed by atoms with Crippen molar-refractivity contribution in [1.29, 1.82) is 0 Å². The van der Waals surface area contributed by atoms with Crippen molar-refractivity contribution in [3.8, 4) is 0 Å². The first kappa shape index (κ1) is 14.1. The quantitative estimate of drug-likeness (QED) is 0.848. The Kier molecular flexibility index (Phi) is 5.15. The van der Waals surface area contributed by atoms with E-state index < -0.39 is 6.09 Å². The second-order valence-electron chi connectivity index (χ2n) is 4.41. The molecule has 104 valence electrons. The van der Waals surface area contributed by atoms with E-state index in [0.717, 1.165) is 11.1 Å². The molecule has 1 amide bonds. The molecule has 0 aliphatic heterocycles. The van der Waals surface area contributed by atoms with Gasteiger partial charge in [0, 0.05) is 0 Å². The first-order valence-electron chi connectivity index (χ1n) is 6.42. The van der Waals surface area contributed by atoms with E-state index in [1.54, 1.807) is 0 Å². The average molecular weight is 271 g/mol. The number of carboxylic acid groups (broad SMARTS) is 1. The van der Waals surface area contributed by atoms with Crippen LogP contribution in [0.4, 0.5) is 4.79 Å². The maximum atomic E-state index is 10.8. The Morgan fingerprint density at radius 1 is 1.05 bits per heavy atom. The van der Waals surface area contributed by atoms with Crippen molar-refractivity contribution in [2.24, 2.45) is 0 Å². The number of carbonyl (C=O) groups is 1. The van der Waals surface area contributed by atoms with E-state index in [1.165, 1.54) is 0 Å². The minimum absolute atomic E-state index is 0.297. The first-order chi connectivity index (χ1) is 9.75. The fourth-order valence-corrected chi connectivity index (χ4v) is 1.92. The lowest BCUT2D eigenvalue weighted by Gasteiger charge is -2.17. The molecule has 0 heterocycles. The Hall–Kier alpha value is -2.33. The zero-order valence-corrected chi connectivity index (χ0v) is 11.0. The first-order valence-corrected chi connectivity index (χ1v) is 6.42. The van der Waals surface area contributed by atoms with Gasteiger partial charge in [-0.05, 0) is 11.1 Å². The molecule has 2 N–H and O–H groups in total. The topological polar surface area (TPSA) is 58.6 Å². The second kappa shape index (κ2) is 7.31. The van der Waals surface area contributed by atoms with E-state index in [9.17, 15) is 4.79 Å². The van der Waals surface area contributed by atoms with Gasteiger partial charge in [-0.3, -0.25) is 0 Å². The smallest absolute Gasteiger partial charge is 0.405 e. The lowest BCUT2D eigenvalue weighted by molar-refractivity contribution is 0.0964. The molecule has 0 bridgehead atoms. The summed E-state index contributed by atoms with van der Waals surface area (Å²) < 4.78 is 5.61. The summed E-state index contributed by atoms with van der Waals surface area (Å²) in [5.74, 6) is 0. The molecule has 1 unspecified atom stereocenters. The van der Waals surface area contributed by atoms with Gasteiger partial charge in [0.1, 0.15) is 0 Å². The normalized spacial score (nSPS) is 11.8. The molecule has 4 nitrogen and oxygen atoms in total. The van der Waals surface area contributed by atoms with Crippen LogP contribution >= 0.6 is 0 Å². The Balaban J connectivity index is 1.93. The Morgan fingerprint density at radius 3 is 2.25 bits per heavy atom. The average Bonchev–Trinajstić information content (AvgIpc) is 2.48. The summed E-state index contributed by atoms with van der Waals surface area (Å²) in [5, 5.41) is 11.4. The molecule has 2 aromatic carbocycles. The molecule has 4 heteroatoms. The number of hydrogen-bond acceptors (Lipinski definition) is 2. The monoisotopic (exact) mass is 271 g/mol. The molecule has 0 aliphatic carbocycles. The van der Waals surface area contributed by atoms with Crippen LogP contribution in [-0.4, -0.2) is 17.8 Å². The summed E-state index contributed by atoms with van der Waals surface area (Å²) in [4.78, 5) is 10.8. The molecule has 2 aromatic rings. The van der Waals surface area contributed by atoms with Gasteiger partial charge in [-0.25, -0.2) is 4.79 Å². The fraction of sp³-hybridized carbons (Fsp3) is 0.188. The van der Waals surface area contributed by atoms with Crippen LogP contribution in [0.1, 0.15) is 17.2 Å². The van der Waals surface area contributed by atoms with E-state index in [4.69, 9.17) is 9.84 Å². The molecule has 2 rings (SSSR count). The van der Waals surface area contributed by atoms with Crippen LogP contribution < -0.4 is 5.32 Å². The number of rotatable bonds is 6. The van der Waals surface area contributed by atoms with Crippen LogP contribution in [0.3, 0.4) is 0 Å². The van der Waals surface area contributed by atoms with Crippen LogP contribution in [0.15, 0.2) is 60.7 Å². The zero-order chi connectivity index (χ0) is 14.2. The van der Waals surface area contributed by atoms with Gasteiger partial charge in [-0.2, -0.15) is 0 Å². The molecule has 0 fully saturated rings. The van der Waals surface area contributed by atoms with Gasteiger partial charge < -0.3 is 15.2 Å². The van der Waals surface area contributed by atoms with Crippen LogP contribution in [0.5, 0.6) is 0 Å². The van der Waals surface area contributed by atoms with Crippen molar-refractivity contribution >= 4 is 6.09 Å². The van der Waals surface area contributed by atoms with Crippen molar-refractivity contribution in [2.45, 2.75) is 12.6 Å². The zero-order valence-electron chi connectivity index (χ0n) is 11.0. The highest BCUT2D eigenvalue weighted by Gasteiger charge is 2.13. The van der Waals surface area contributed by atoms with Crippen molar-refractivity contribution in [3.05, 3.63) is 71.8 Å². The number of benzene rings is 2. The lowest BCUT2D eigenvalue weighted by atomic mass is 10.1. The maximum absolute atomic E-state index is 10.8. The molecule has 0 radical (unpaired) electrons. The maximum Gasteiger partial charge on any atom is 0.405 e. The summed E-state index contributed by atoms with van der Waals surface area (Å²) in [6.07, 6.45) is -1.05. The van der Waals surface area contributed by atoms with Gasteiger partial charge in [0.15, 0.2) is 0 Å². The molecule has 0 saturated carbocycles. The minimum Gasteiger partial charge on any atom is -0.465 e. The van der Waals surface area contributed by atoms with E-state index in [0.29, 0.717) is 13.2 Å². The van der Waals surface area contributed by atoms with Gasteiger partial charge in [-0.1, -0.05) is 60.7 Å². The van der Waals surface area contributed by atoms with E-state index >= 15 is 0 Å². The summed E-state index contributed by atoms with van der Waals surface area (Å²) in [5.41, 5.74) is 1.96. The van der Waals surface area contributed by atoms with Crippen LogP contribution in [0, 0.1) is 0 Å². The molecule has 1 atom stereocenters. The van der Waals surface area contributed by atoms with Crippen LogP contribution in [0.25, 0.3) is 0 Å². The number of amides is 1. The Labute approximate surface area is 118 Å². The predicted octanol–water partition coefficient (Wildman–Crippen LogP) is 3.21. The van der Waals surface area contributed by atoms with E-state index in [2.05, 4.69) is 5.32 Å². The minimum atomic E-state index is -1.05. The predicted molar refractivity (Wildman–Crippen MR) is 76.4 cm³/mol. The molecule has 0 saturated heterocycles. The van der Waals surface area contributed by atoms with Crippen molar-refractivity contribution < 1.29 is 14.6 Å². The third kappa shape index (κ3) is 4.40. The third-order valence-corrected chi connectivity index (χ3v) is 2.90. The highest BCUT2D eigenvalue weighted by atomic mass is 16.5. The number of hydrogen-bond donors (Lipinski definition) is 2. The van der Waals surface area contributed by atoms with Gasteiger partial charge >= 0.3 is 6.09 Å². The second-order valence-corrected chi connectivity index (χ2v) is 4.41. The molecule has 0 aliphatic rings. The highest BCUT2D eigenvalue weighted by Crippen LogP contribution is 2.14. The largest absolute Gasteiger partial charge is 0.465 e. The standard InChI is InChI=1S/C16H17NO3/c18-16(19)17-15(14-9-5-2-6-10-14)12-20-11-13-7-3-1-4-8-13/h1-10,15,17H,11-12H2,(H,18,19). The van der Waals surface area contributed by atoms with Crippen molar-refractivity contribution in [3.63, 3.8) is 0 Å². The van der Waals surface area contributed by atoms with Crippen molar-refractivity contribution in [2.75, 3.05) is 6.61 Å². The van der Waals surface area contributed by atoms with Crippen molar-refractivity contribution in [1.82, 2.24) is 5.32 Å². The van der Waals surface area contributed by atoms with Gasteiger partial charge in [0.2, 0.25) is 0 Å². The van der Waals surface area contributed by atoms with Crippen LogP contribution in [0.2, 0.25) is 0 Å². The van der Waals surface area contributed by atoms with Gasteiger partial charge in [0.25, 0.3) is 0 Å². The molecular weight excluding hydrogens is 254 g/mol. The van der Waals surface area contributed by atoms with Crippen LogP contribution in [-0.2, 0) is 11.3 Å². The SMILES string of the molecule is O=C(O)NC(COCc1ccccc1)c1ccccc1. The Morgan fingerprint density at radius 2 is 1.65 bits per heavy atom. The highest BCUT2D eigenvalue weighted by molar-refractivity contribution is 5.65. The number of ether oxygens (including phenoxy) is 1. The van der Waals surface area contributed by atoms with E-state index in [-0.39, 0.29) is 6.04 Å². The molecular formula is C16H17NO3. The Bertz CT molecular complexity index is 528. The summed E-state index contributed by atoms with van der Waals surface area (Å²) in [7, 11) is 0. The molecule has 20 heavy (non-hydrogen) atoms. The fourth-order valence-electron chi connectivity index (χ4n) is 1.92. The summed E-state index contributed by atoms with van der Waals surface area (Å²) in [6.45, 7) is 0.761. The molecule has 0 spiro atoms. The summed E-state index contributed by atoms with van der Waals surface area (Å²) >= 11 is 0. The summed E-state index contributed by atoms with van der Waals surface area (Å²) in [6, 6.07) is 18.8. The number of nitrogens with one attached hydrogen (secondary N) is 1. The van der Waals surface area contributed by atoms with Gasteiger partial charge in [0.05, 0.1) is 19.3 Å². The molecule has 0 aromatic heterocycles. The lowest BCUT2D eigenvalue weighted by Crippen LogP contribution is -2.30. The van der Waals surface area contributed by atoms with E-state index in [1.807, 2.05) is 60.7 Å². The third-order valence-electron chi connectivity index (χ3n) is 2.90.